The van der Waals surface area contributed by atoms with E-state index in [9.17, 15) is 0 Å². The molecule has 1 fully saturated rings. The number of ether oxygens (including phenoxy) is 2. The van der Waals surface area contributed by atoms with Crippen molar-refractivity contribution in [3.05, 3.63) is 78.5 Å². The molecule has 0 spiro atoms. The number of rotatable bonds is 7. The molecule has 0 bridgehead atoms. The zero-order valence-corrected chi connectivity index (χ0v) is 18.5. The van der Waals surface area contributed by atoms with Gasteiger partial charge < -0.3 is 14.8 Å². The van der Waals surface area contributed by atoms with E-state index < -0.39 is 0 Å². The molecule has 0 radical (unpaired) electrons. The first kappa shape index (κ1) is 20.4. The highest BCUT2D eigenvalue weighted by Gasteiger charge is 2.21. The summed E-state index contributed by atoms with van der Waals surface area (Å²) in [6.07, 6.45) is 8.33. The SMILES string of the molecule is COc1ccc(-c2nc3c(OCc4ccccc4)cccn3c2NC2CCCCC2)cc1. The summed E-state index contributed by atoms with van der Waals surface area (Å²) in [6, 6.07) is 22.8. The molecule has 0 saturated heterocycles. The van der Waals surface area contributed by atoms with Crippen LogP contribution in [0.3, 0.4) is 0 Å². The standard InChI is InChI=1S/C27H29N3O2/c1-31-23-16-14-21(15-17-23)25-27(28-22-11-6-3-7-12-22)30-18-8-13-24(26(30)29-25)32-19-20-9-4-2-5-10-20/h2,4-5,8-10,13-18,22,28H,3,6-7,11-12,19H2,1H3. The Labute approximate surface area is 189 Å². The van der Waals surface area contributed by atoms with Crippen LogP contribution in [0.25, 0.3) is 16.9 Å². The maximum atomic E-state index is 6.20. The summed E-state index contributed by atoms with van der Waals surface area (Å²) in [4.78, 5) is 5.05. The summed E-state index contributed by atoms with van der Waals surface area (Å²) >= 11 is 0. The van der Waals surface area contributed by atoms with Gasteiger partial charge >= 0.3 is 0 Å². The van der Waals surface area contributed by atoms with Gasteiger partial charge in [0.2, 0.25) is 0 Å². The first-order chi connectivity index (χ1) is 15.8. The van der Waals surface area contributed by atoms with Gasteiger partial charge in [0, 0.05) is 17.8 Å². The molecule has 4 aromatic rings. The van der Waals surface area contributed by atoms with E-state index in [-0.39, 0.29) is 0 Å². The van der Waals surface area contributed by atoms with Crippen molar-refractivity contribution in [2.24, 2.45) is 0 Å². The fourth-order valence-electron chi connectivity index (χ4n) is 4.42. The van der Waals surface area contributed by atoms with Crippen molar-refractivity contribution in [2.75, 3.05) is 12.4 Å². The summed E-state index contributed by atoms with van der Waals surface area (Å²) in [5.41, 5.74) is 3.96. The van der Waals surface area contributed by atoms with Crippen LogP contribution in [-0.4, -0.2) is 22.5 Å². The van der Waals surface area contributed by atoms with Crippen LogP contribution < -0.4 is 14.8 Å². The molecule has 5 nitrogen and oxygen atoms in total. The van der Waals surface area contributed by atoms with Crippen LogP contribution >= 0.6 is 0 Å². The Morgan fingerprint density at radius 3 is 2.47 bits per heavy atom. The van der Waals surface area contributed by atoms with Crippen molar-refractivity contribution in [3.8, 4) is 22.8 Å². The average molecular weight is 428 g/mol. The molecule has 5 heteroatoms. The predicted molar refractivity (Wildman–Crippen MR) is 128 cm³/mol. The van der Waals surface area contributed by atoms with Gasteiger partial charge in [0.15, 0.2) is 11.4 Å². The van der Waals surface area contributed by atoms with Crippen LogP contribution in [0.1, 0.15) is 37.7 Å². The first-order valence-corrected chi connectivity index (χ1v) is 11.4. The molecule has 164 valence electrons. The van der Waals surface area contributed by atoms with E-state index >= 15 is 0 Å². The van der Waals surface area contributed by atoms with Gasteiger partial charge in [-0.05, 0) is 54.8 Å². The lowest BCUT2D eigenvalue weighted by Gasteiger charge is -2.24. The number of anilines is 1. The molecule has 0 aliphatic heterocycles. The second kappa shape index (κ2) is 9.35. The van der Waals surface area contributed by atoms with Gasteiger partial charge in [0.05, 0.1) is 7.11 Å². The molecule has 2 aromatic carbocycles. The van der Waals surface area contributed by atoms with Gasteiger partial charge in [-0.25, -0.2) is 4.98 Å². The van der Waals surface area contributed by atoms with Crippen LogP contribution in [0, 0.1) is 0 Å². The van der Waals surface area contributed by atoms with Crippen molar-refractivity contribution in [3.63, 3.8) is 0 Å². The molecule has 1 aliphatic rings. The van der Waals surface area contributed by atoms with E-state index in [1.54, 1.807) is 7.11 Å². The molecule has 0 amide bonds. The van der Waals surface area contributed by atoms with Gasteiger partial charge in [0.25, 0.3) is 0 Å². The van der Waals surface area contributed by atoms with Crippen LogP contribution in [-0.2, 0) is 6.61 Å². The number of benzene rings is 2. The van der Waals surface area contributed by atoms with Crippen molar-refractivity contribution in [1.82, 2.24) is 9.38 Å². The van der Waals surface area contributed by atoms with E-state index in [1.807, 2.05) is 42.5 Å². The highest BCUT2D eigenvalue weighted by Crippen LogP contribution is 2.35. The Morgan fingerprint density at radius 2 is 1.72 bits per heavy atom. The van der Waals surface area contributed by atoms with Crippen LogP contribution in [0.2, 0.25) is 0 Å². The van der Waals surface area contributed by atoms with Gasteiger partial charge in [-0.1, -0.05) is 49.6 Å². The van der Waals surface area contributed by atoms with Crippen LogP contribution in [0.5, 0.6) is 11.5 Å². The summed E-state index contributed by atoms with van der Waals surface area (Å²) in [5.74, 6) is 2.65. The molecule has 5 rings (SSSR count). The minimum absolute atomic E-state index is 0.467. The zero-order valence-electron chi connectivity index (χ0n) is 18.5. The Kier molecular flexibility index (Phi) is 5.97. The molecule has 2 heterocycles. The predicted octanol–water partition coefficient (Wildman–Crippen LogP) is 6.33. The Bertz CT molecular complexity index is 1160. The quantitative estimate of drug-likeness (QED) is 0.374. The second-order valence-electron chi connectivity index (χ2n) is 8.36. The fourth-order valence-corrected chi connectivity index (χ4v) is 4.42. The summed E-state index contributed by atoms with van der Waals surface area (Å²) in [6.45, 7) is 0.511. The minimum Gasteiger partial charge on any atom is -0.497 e. The number of nitrogens with one attached hydrogen (secondary N) is 1. The van der Waals surface area contributed by atoms with E-state index in [1.165, 1.54) is 32.1 Å². The van der Waals surface area contributed by atoms with Crippen molar-refractivity contribution < 1.29 is 9.47 Å². The average Bonchev–Trinajstić information content (AvgIpc) is 3.23. The number of methoxy groups -OCH3 is 1. The number of hydrogen-bond donors (Lipinski definition) is 1. The van der Waals surface area contributed by atoms with Crippen LogP contribution in [0.4, 0.5) is 5.82 Å². The van der Waals surface area contributed by atoms with Crippen molar-refractivity contribution >= 4 is 11.5 Å². The molecule has 0 unspecified atom stereocenters. The van der Waals surface area contributed by atoms with E-state index in [0.717, 1.165) is 39.8 Å². The number of aromatic nitrogens is 2. The van der Waals surface area contributed by atoms with E-state index in [2.05, 4.69) is 40.2 Å². The van der Waals surface area contributed by atoms with Gasteiger partial charge in [0.1, 0.15) is 23.9 Å². The third-order valence-corrected chi connectivity index (χ3v) is 6.16. The summed E-state index contributed by atoms with van der Waals surface area (Å²) in [7, 11) is 1.69. The third kappa shape index (κ3) is 4.28. The molecular formula is C27H29N3O2. The van der Waals surface area contributed by atoms with Gasteiger partial charge in [-0.15, -0.1) is 0 Å². The summed E-state index contributed by atoms with van der Waals surface area (Å²) < 4.78 is 13.7. The maximum Gasteiger partial charge on any atom is 0.181 e. The monoisotopic (exact) mass is 427 g/mol. The highest BCUT2D eigenvalue weighted by molar-refractivity contribution is 5.79. The topological polar surface area (TPSA) is 47.8 Å². The Morgan fingerprint density at radius 1 is 0.938 bits per heavy atom. The third-order valence-electron chi connectivity index (χ3n) is 6.16. The number of pyridine rings is 1. The molecular weight excluding hydrogens is 398 g/mol. The molecule has 1 saturated carbocycles. The molecule has 32 heavy (non-hydrogen) atoms. The van der Waals surface area contributed by atoms with E-state index in [4.69, 9.17) is 14.5 Å². The maximum absolute atomic E-state index is 6.20. The molecule has 0 atom stereocenters. The zero-order chi connectivity index (χ0) is 21.8. The lowest BCUT2D eigenvalue weighted by molar-refractivity contribution is 0.308. The van der Waals surface area contributed by atoms with E-state index in [0.29, 0.717) is 12.6 Å². The number of fused-ring (bicyclic) bond motifs is 1. The number of nitrogens with zero attached hydrogens (tertiary/aromatic N) is 2. The first-order valence-electron chi connectivity index (χ1n) is 11.4. The lowest BCUT2D eigenvalue weighted by Crippen LogP contribution is -2.23. The van der Waals surface area contributed by atoms with Gasteiger partial charge in [-0.2, -0.15) is 0 Å². The van der Waals surface area contributed by atoms with Gasteiger partial charge in [-0.3, -0.25) is 4.40 Å². The largest absolute Gasteiger partial charge is 0.497 e. The van der Waals surface area contributed by atoms with Crippen molar-refractivity contribution in [1.29, 1.82) is 0 Å². The summed E-state index contributed by atoms with van der Waals surface area (Å²) in [5, 5.41) is 3.81. The molecule has 2 aromatic heterocycles. The second-order valence-corrected chi connectivity index (χ2v) is 8.36. The minimum atomic E-state index is 0.467. The van der Waals surface area contributed by atoms with Crippen molar-refractivity contribution in [2.45, 2.75) is 44.8 Å². The Hall–Kier alpha value is -3.47. The smallest absolute Gasteiger partial charge is 0.181 e. The van der Waals surface area contributed by atoms with Crippen LogP contribution in [0.15, 0.2) is 72.9 Å². The molecule has 1 N–H and O–H groups in total. The number of hydrogen-bond acceptors (Lipinski definition) is 4. The number of imidazole rings is 1. The lowest BCUT2D eigenvalue weighted by atomic mass is 9.95. The normalized spacial score (nSPS) is 14.4. The highest BCUT2D eigenvalue weighted by atomic mass is 16.5. The Balaban J connectivity index is 1.54. The fraction of sp³-hybridized carbons (Fsp3) is 0.296. The molecule has 1 aliphatic carbocycles.